The molecule has 114 valence electrons. The first-order chi connectivity index (χ1) is 9.22. The Morgan fingerprint density at radius 3 is 2.21 bits per heavy atom. The van der Waals surface area contributed by atoms with Crippen LogP contribution in [0.15, 0.2) is 0 Å². The molecular formula is C16H32O3. The van der Waals surface area contributed by atoms with Crippen molar-refractivity contribution in [1.82, 2.24) is 0 Å². The number of aliphatic hydroxyl groups excluding tert-OH is 1. The molecule has 19 heavy (non-hydrogen) atoms. The normalized spacial score (nSPS) is 31.6. The topological polar surface area (TPSA) is 38.7 Å². The van der Waals surface area contributed by atoms with Gasteiger partial charge >= 0.3 is 0 Å². The Hall–Kier alpha value is -0.120. The van der Waals surface area contributed by atoms with Crippen molar-refractivity contribution in [3.8, 4) is 0 Å². The van der Waals surface area contributed by atoms with Crippen LogP contribution in [0.5, 0.6) is 0 Å². The summed E-state index contributed by atoms with van der Waals surface area (Å²) in [6.45, 7) is 6.48. The smallest absolute Gasteiger partial charge is 0.162 e. The number of hydrogen-bond donors (Lipinski definition) is 1. The molecule has 1 aliphatic rings. The molecule has 1 heterocycles. The van der Waals surface area contributed by atoms with E-state index in [0.29, 0.717) is 0 Å². The maximum Gasteiger partial charge on any atom is 0.162 e. The van der Waals surface area contributed by atoms with Gasteiger partial charge in [0.05, 0.1) is 6.10 Å². The quantitative estimate of drug-likeness (QED) is 0.638. The van der Waals surface area contributed by atoms with E-state index in [9.17, 15) is 5.11 Å². The maximum atomic E-state index is 10.1. The van der Waals surface area contributed by atoms with E-state index >= 15 is 0 Å². The summed E-state index contributed by atoms with van der Waals surface area (Å²) >= 11 is 0. The molecule has 0 saturated carbocycles. The molecule has 0 bridgehead atoms. The lowest BCUT2D eigenvalue weighted by Gasteiger charge is -2.39. The molecule has 4 atom stereocenters. The van der Waals surface area contributed by atoms with Crippen LogP contribution in [0.1, 0.15) is 78.6 Å². The molecule has 1 rings (SSSR count). The largest absolute Gasteiger partial charge is 0.368 e. The molecule has 3 nitrogen and oxygen atoms in total. The Labute approximate surface area is 118 Å². The number of ether oxygens (including phenoxy) is 2. The van der Waals surface area contributed by atoms with Gasteiger partial charge in [0.1, 0.15) is 0 Å². The molecule has 0 spiro atoms. The fourth-order valence-electron chi connectivity index (χ4n) is 2.85. The Balaban J connectivity index is 2.31. The minimum absolute atomic E-state index is 0.135. The third-order valence-corrected chi connectivity index (χ3v) is 4.05. The van der Waals surface area contributed by atoms with Gasteiger partial charge in [0.15, 0.2) is 12.6 Å². The van der Waals surface area contributed by atoms with Crippen LogP contribution in [-0.4, -0.2) is 23.8 Å². The van der Waals surface area contributed by atoms with E-state index in [-0.39, 0.29) is 18.3 Å². The van der Waals surface area contributed by atoms with E-state index in [2.05, 4.69) is 20.8 Å². The monoisotopic (exact) mass is 272 g/mol. The average Bonchev–Trinajstić information content (AvgIpc) is 2.39. The van der Waals surface area contributed by atoms with Gasteiger partial charge in [-0.05, 0) is 25.7 Å². The van der Waals surface area contributed by atoms with E-state index in [1.807, 2.05) is 0 Å². The van der Waals surface area contributed by atoms with Crippen molar-refractivity contribution in [3.63, 3.8) is 0 Å². The predicted molar refractivity (Wildman–Crippen MR) is 77.8 cm³/mol. The Bertz CT molecular complexity index is 220. The van der Waals surface area contributed by atoms with E-state index < -0.39 is 6.29 Å². The first kappa shape index (κ1) is 16.9. The van der Waals surface area contributed by atoms with Crippen molar-refractivity contribution in [3.05, 3.63) is 0 Å². The molecule has 0 aromatic carbocycles. The predicted octanol–water partition coefficient (Wildman–Crippen LogP) is 4.23. The van der Waals surface area contributed by atoms with E-state index in [4.69, 9.17) is 9.47 Å². The van der Waals surface area contributed by atoms with Gasteiger partial charge in [-0.1, -0.05) is 52.9 Å². The van der Waals surface area contributed by atoms with Gasteiger partial charge in [-0.25, -0.2) is 0 Å². The highest BCUT2D eigenvalue weighted by atomic mass is 16.7. The number of aliphatic hydroxyl groups is 1. The SMILES string of the molecule is CCCCCCCC1OC(O)C(CC)C(CCC)O1. The van der Waals surface area contributed by atoms with Crippen LogP contribution in [0.4, 0.5) is 0 Å². The molecule has 4 unspecified atom stereocenters. The van der Waals surface area contributed by atoms with Gasteiger partial charge in [0.2, 0.25) is 0 Å². The summed E-state index contributed by atoms with van der Waals surface area (Å²) in [4.78, 5) is 0. The van der Waals surface area contributed by atoms with Gasteiger partial charge in [0, 0.05) is 5.92 Å². The third kappa shape index (κ3) is 5.80. The highest BCUT2D eigenvalue weighted by Gasteiger charge is 2.36. The summed E-state index contributed by atoms with van der Waals surface area (Å²) < 4.78 is 11.6. The lowest BCUT2D eigenvalue weighted by molar-refractivity contribution is -0.323. The fraction of sp³-hybridized carbons (Fsp3) is 1.00. The first-order valence-corrected chi connectivity index (χ1v) is 8.21. The summed E-state index contributed by atoms with van der Waals surface area (Å²) in [6, 6.07) is 0. The highest BCUT2D eigenvalue weighted by Crippen LogP contribution is 2.30. The molecule has 1 aliphatic heterocycles. The zero-order valence-corrected chi connectivity index (χ0v) is 12.9. The lowest BCUT2D eigenvalue weighted by Crippen LogP contribution is -2.45. The van der Waals surface area contributed by atoms with Crippen molar-refractivity contribution in [1.29, 1.82) is 0 Å². The molecule has 1 fully saturated rings. The van der Waals surface area contributed by atoms with Crippen LogP contribution < -0.4 is 0 Å². The van der Waals surface area contributed by atoms with Gasteiger partial charge in [-0.2, -0.15) is 0 Å². The van der Waals surface area contributed by atoms with E-state index in [0.717, 1.165) is 32.1 Å². The second kappa shape index (κ2) is 9.73. The van der Waals surface area contributed by atoms with E-state index in [1.54, 1.807) is 0 Å². The molecular weight excluding hydrogens is 240 g/mol. The molecule has 1 N–H and O–H groups in total. The standard InChI is InChI=1S/C16H32O3/c1-4-7-8-9-10-12-15-18-14(11-5-2)13(6-3)16(17)19-15/h13-17H,4-12H2,1-3H3. The Kier molecular flexibility index (Phi) is 8.67. The number of rotatable bonds is 9. The maximum absolute atomic E-state index is 10.1. The van der Waals surface area contributed by atoms with E-state index in [1.165, 1.54) is 25.7 Å². The van der Waals surface area contributed by atoms with Crippen LogP contribution in [0.2, 0.25) is 0 Å². The molecule has 0 aliphatic carbocycles. The van der Waals surface area contributed by atoms with Crippen LogP contribution in [-0.2, 0) is 9.47 Å². The second-order valence-corrected chi connectivity index (χ2v) is 5.69. The van der Waals surface area contributed by atoms with Crippen molar-refractivity contribution in [2.24, 2.45) is 5.92 Å². The lowest BCUT2D eigenvalue weighted by atomic mass is 9.94. The van der Waals surface area contributed by atoms with Gasteiger partial charge in [0.25, 0.3) is 0 Å². The van der Waals surface area contributed by atoms with Crippen LogP contribution in [0.25, 0.3) is 0 Å². The van der Waals surface area contributed by atoms with Gasteiger partial charge in [-0.15, -0.1) is 0 Å². The highest BCUT2D eigenvalue weighted by molar-refractivity contribution is 4.76. The minimum atomic E-state index is -0.643. The minimum Gasteiger partial charge on any atom is -0.368 e. The Morgan fingerprint density at radius 2 is 1.58 bits per heavy atom. The van der Waals surface area contributed by atoms with Crippen LogP contribution >= 0.6 is 0 Å². The van der Waals surface area contributed by atoms with Crippen LogP contribution in [0, 0.1) is 5.92 Å². The fourth-order valence-corrected chi connectivity index (χ4v) is 2.85. The zero-order valence-electron chi connectivity index (χ0n) is 12.9. The third-order valence-electron chi connectivity index (χ3n) is 4.05. The van der Waals surface area contributed by atoms with Crippen molar-refractivity contribution in [2.75, 3.05) is 0 Å². The summed E-state index contributed by atoms with van der Waals surface area (Å²) in [7, 11) is 0. The summed E-state index contributed by atoms with van der Waals surface area (Å²) in [5.41, 5.74) is 0. The molecule has 3 heteroatoms. The van der Waals surface area contributed by atoms with Crippen molar-refractivity contribution < 1.29 is 14.6 Å². The zero-order chi connectivity index (χ0) is 14.1. The van der Waals surface area contributed by atoms with Crippen LogP contribution in [0.3, 0.4) is 0 Å². The second-order valence-electron chi connectivity index (χ2n) is 5.69. The first-order valence-electron chi connectivity index (χ1n) is 8.21. The molecule has 0 aromatic heterocycles. The molecule has 1 saturated heterocycles. The van der Waals surface area contributed by atoms with Gasteiger partial charge < -0.3 is 14.6 Å². The molecule has 0 radical (unpaired) electrons. The summed E-state index contributed by atoms with van der Waals surface area (Å²) in [5.74, 6) is 0.135. The molecule has 0 amide bonds. The van der Waals surface area contributed by atoms with Crippen molar-refractivity contribution in [2.45, 2.75) is 97.2 Å². The summed E-state index contributed by atoms with van der Waals surface area (Å²) in [5, 5.41) is 10.1. The Morgan fingerprint density at radius 1 is 0.842 bits per heavy atom. The average molecular weight is 272 g/mol. The number of unbranched alkanes of at least 4 members (excludes halogenated alkanes) is 4. The van der Waals surface area contributed by atoms with Crippen molar-refractivity contribution >= 4 is 0 Å². The van der Waals surface area contributed by atoms with Gasteiger partial charge in [-0.3, -0.25) is 0 Å². The molecule has 0 aromatic rings. The number of hydrogen-bond acceptors (Lipinski definition) is 3. The summed E-state index contributed by atoms with van der Waals surface area (Å²) in [6.07, 6.45) is 9.51.